The van der Waals surface area contributed by atoms with E-state index in [-0.39, 0.29) is 64.3 Å². The number of halogens is 4. The van der Waals surface area contributed by atoms with E-state index in [2.05, 4.69) is 16.0 Å². The maximum atomic E-state index is 13.6. The summed E-state index contributed by atoms with van der Waals surface area (Å²) in [5, 5.41) is 18.4. The highest BCUT2D eigenvalue weighted by Gasteiger charge is 2.60. The Hall–Kier alpha value is -2.67. The van der Waals surface area contributed by atoms with Gasteiger partial charge in [-0.05, 0) is 68.7 Å². The SMILES string of the molecule is O=C(Nc1cc(F)c(F)c(F)c1)c1ccc(Cl)c(S(=O)(=O)C2CC3CC(C2)C3(O)CNC(=O)[C@@H]2CCCN2)c1. The summed E-state index contributed by atoms with van der Waals surface area (Å²) in [4.78, 5) is 24.8. The average Bonchev–Trinajstić information content (AvgIpc) is 3.45. The molecule has 1 aliphatic heterocycles. The Bertz CT molecular complexity index is 1400. The first-order chi connectivity index (χ1) is 18.4. The molecule has 3 aliphatic carbocycles. The van der Waals surface area contributed by atoms with Gasteiger partial charge in [0.25, 0.3) is 5.91 Å². The van der Waals surface area contributed by atoms with E-state index in [1.165, 1.54) is 12.1 Å². The molecule has 6 rings (SSSR count). The summed E-state index contributed by atoms with van der Waals surface area (Å²) in [5.41, 5.74) is -1.67. The van der Waals surface area contributed by atoms with Crippen LogP contribution in [0.3, 0.4) is 0 Å². The molecule has 2 aromatic carbocycles. The Morgan fingerprint density at radius 1 is 1.08 bits per heavy atom. The van der Waals surface area contributed by atoms with Gasteiger partial charge in [0.1, 0.15) is 0 Å². The molecule has 4 aliphatic rings. The van der Waals surface area contributed by atoms with E-state index >= 15 is 0 Å². The van der Waals surface area contributed by atoms with Gasteiger partial charge in [-0.3, -0.25) is 9.59 Å². The number of carbonyl (C=O) groups excluding carboxylic acids is 2. The number of amides is 2. The van der Waals surface area contributed by atoms with Crippen LogP contribution in [-0.2, 0) is 14.6 Å². The highest BCUT2D eigenvalue weighted by atomic mass is 35.5. The van der Waals surface area contributed by atoms with Crippen molar-refractivity contribution < 1.29 is 36.3 Å². The summed E-state index contributed by atoms with van der Waals surface area (Å²) >= 11 is 6.22. The molecule has 2 amide bonds. The Balaban J connectivity index is 1.28. The lowest BCUT2D eigenvalue weighted by molar-refractivity contribution is -0.174. The highest BCUT2D eigenvalue weighted by molar-refractivity contribution is 7.92. The first-order valence-corrected chi connectivity index (χ1v) is 14.6. The summed E-state index contributed by atoms with van der Waals surface area (Å²) in [7, 11) is -4.03. The third-order valence-corrected chi connectivity index (χ3v) is 10.8. The van der Waals surface area contributed by atoms with Gasteiger partial charge in [-0.2, -0.15) is 0 Å². The molecule has 2 unspecified atom stereocenters. The zero-order valence-electron chi connectivity index (χ0n) is 20.6. The van der Waals surface area contributed by atoms with Crippen molar-refractivity contribution in [1.29, 1.82) is 0 Å². The minimum atomic E-state index is -4.03. The van der Waals surface area contributed by atoms with Crippen LogP contribution in [0.2, 0.25) is 5.02 Å². The van der Waals surface area contributed by atoms with E-state index in [1.807, 2.05) is 0 Å². The third kappa shape index (κ3) is 5.15. The zero-order chi connectivity index (χ0) is 28.1. The minimum absolute atomic E-state index is 0.0487. The van der Waals surface area contributed by atoms with E-state index in [0.29, 0.717) is 18.6 Å². The molecule has 2 bridgehead atoms. The molecule has 4 fully saturated rings. The van der Waals surface area contributed by atoms with Crippen molar-refractivity contribution in [2.45, 2.75) is 53.9 Å². The molecule has 3 atom stereocenters. The Morgan fingerprint density at radius 2 is 1.74 bits per heavy atom. The molecule has 0 aromatic heterocycles. The fourth-order valence-corrected chi connectivity index (χ4v) is 8.33. The fraction of sp³-hybridized carbons (Fsp3) is 0.462. The van der Waals surface area contributed by atoms with Gasteiger partial charge in [-0.25, -0.2) is 21.6 Å². The van der Waals surface area contributed by atoms with Crippen LogP contribution in [0.15, 0.2) is 35.2 Å². The van der Waals surface area contributed by atoms with Crippen molar-refractivity contribution in [3.63, 3.8) is 0 Å². The first-order valence-electron chi connectivity index (χ1n) is 12.6. The minimum Gasteiger partial charge on any atom is -0.387 e. The standard InChI is InChI=1S/C26H27ClF3N3O5S/c27-18-4-3-13(24(34)33-16-10-19(28)23(30)20(29)11-16)6-22(18)39(37,38)17-8-14-7-15(9-17)26(14,36)12-32-25(35)21-2-1-5-31-21/h3-4,6,10-11,14-15,17,21,31,36H,1-2,5,7-9,12H2,(H,32,35)(H,33,34)/t14?,15?,17?,21-,26?/m0/s1. The second-order valence-corrected chi connectivity index (χ2v) is 13.1. The van der Waals surface area contributed by atoms with E-state index < -0.39 is 44.0 Å². The van der Waals surface area contributed by atoms with Crippen LogP contribution >= 0.6 is 11.6 Å². The molecule has 0 spiro atoms. The van der Waals surface area contributed by atoms with Crippen molar-refractivity contribution >= 4 is 38.9 Å². The zero-order valence-corrected chi connectivity index (χ0v) is 22.2. The third-order valence-electron chi connectivity index (χ3n) is 8.18. The second-order valence-electron chi connectivity index (χ2n) is 10.5. The number of fused-ring (bicyclic) bond motifs is 2. The lowest BCUT2D eigenvalue weighted by Crippen LogP contribution is -2.66. The molecule has 39 heavy (non-hydrogen) atoms. The van der Waals surface area contributed by atoms with Crippen LogP contribution in [0.1, 0.15) is 42.5 Å². The van der Waals surface area contributed by atoms with E-state index in [0.717, 1.165) is 25.5 Å². The van der Waals surface area contributed by atoms with Gasteiger partial charge in [0.05, 0.1) is 26.8 Å². The monoisotopic (exact) mass is 585 g/mol. The Kier molecular flexibility index (Phi) is 7.42. The predicted molar refractivity (Wildman–Crippen MR) is 137 cm³/mol. The molecule has 8 nitrogen and oxygen atoms in total. The number of hydrogen-bond donors (Lipinski definition) is 4. The number of carbonyl (C=O) groups is 2. The topological polar surface area (TPSA) is 125 Å². The number of sulfone groups is 1. The maximum absolute atomic E-state index is 13.6. The number of benzene rings is 2. The van der Waals surface area contributed by atoms with Gasteiger partial charge in [0.2, 0.25) is 5.91 Å². The van der Waals surface area contributed by atoms with Crippen LogP contribution in [0.5, 0.6) is 0 Å². The van der Waals surface area contributed by atoms with Crippen LogP contribution in [0, 0.1) is 29.3 Å². The summed E-state index contributed by atoms with van der Waals surface area (Å²) in [6, 6.07) is 4.50. The second kappa shape index (κ2) is 10.4. The summed E-state index contributed by atoms with van der Waals surface area (Å²) in [6.07, 6.45) is 2.59. The highest BCUT2D eigenvalue weighted by Crippen LogP contribution is 2.55. The molecule has 4 N–H and O–H groups in total. The molecular weight excluding hydrogens is 559 g/mol. The van der Waals surface area contributed by atoms with Gasteiger partial charge in [-0.15, -0.1) is 0 Å². The largest absolute Gasteiger partial charge is 0.387 e. The van der Waals surface area contributed by atoms with Crippen molar-refractivity contribution in [2.24, 2.45) is 11.8 Å². The van der Waals surface area contributed by atoms with Gasteiger partial charge in [0, 0.05) is 29.9 Å². The number of rotatable bonds is 7. The van der Waals surface area contributed by atoms with Crippen molar-refractivity contribution in [2.75, 3.05) is 18.4 Å². The lowest BCUT2D eigenvalue weighted by Gasteiger charge is -2.58. The Labute approximate surface area is 228 Å². The molecule has 210 valence electrons. The van der Waals surface area contributed by atoms with Crippen molar-refractivity contribution in [1.82, 2.24) is 10.6 Å². The van der Waals surface area contributed by atoms with Gasteiger partial charge in [-0.1, -0.05) is 11.6 Å². The molecule has 1 saturated heterocycles. The molecular formula is C26H27ClF3N3O5S. The number of anilines is 1. The first kappa shape index (κ1) is 27.9. The number of nitrogens with one attached hydrogen (secondary N) is 3. The average molecular weight is 586 g/mol. The van der Waals surface area contributed by atoms with Crippen molar-refractivity contribution in [3.05, 3.63) is 58.4 Å². The number of hydrogen-bond acceptors (Lipinski definition) is 6. The fourth-order valence-electron chi connectivity index (χ4n) is 5.93. The van der Waals surface area contributed by atoms with E-state index in [1.54, 1.807) is 0 Å². The van der Waals surface area contributed by atoms with E-state index in [4.69, 9.17) is 11.6 Å². The Morgan fingerprint density at radius 3 is 2.36 bits per heavy atom. The van der Waals surface area contributed by atoms with Crippen LogP contribution in [0.25, 0.3) is 0 Å². The molecule has 1 heterocycles. The van der Waals surface area contributed by atoms with E-state index in [9.17, 15) is 36.3 Å². The molecule has 0 radical (unpaired) electrons. The van der Waals surface area contributed by atoms with Crippen LogP contribution in [0.4, 0.5) is 18.9 Å². The molecule has 2 aromatic rings. The van der Waals surface area contributed by atoms with Crippen LogP contribution < -0.4 is 16.0 Å². The molecule has 13 heteroatoms. The number of aliphatic hydroxyl groups is 1. The van der Waals surface area contributed by atoms with Gasteiger partial charge < -0.3 is 21.1 Å². The quantitative estimate of drug-likeness (QED) is 0.370. The van der Waals surface area contributed by atoms with Gasteiger partial charge in [0.15, 0.2) is 27.3 Å². The lowest BCUT2D eigenvalue weighted by atomic mass is 9.53. The molecule has 3 saturated carbocycles. The smallest absolute Gasteiger partial charge is 0.255 e. The van der Waals surface area contributed by atoms with Crippen molar-refractivity contribution in [3.8, 4) is 0 Å². The predicted octanol–water partition coefficient (Wildman–Crippen LogP) is 3.18. The summed E-state index contributed by atoms with van der Waals surface area (Å²) < 4.78 is 67.4. The normalized spacial score (nSPS) is 28.0. The van der Waals surface area contributed by atoms with Crippen LogP contribution in [-0.4, -0.2) is 55.3 Å². The van der Waals surface area contributed by atoms with Gasteiger partial charge >= 0.3 is 0 Å². The maximum Gasteiger partial charge on any atom is 0.255 e. The summed E-state index contributed by atoms with van der Waals surface area (Å²) in [5.74, 6) is -6.38. The summed E-state index contributed by atoms with van der Waals surface area (Å²) in [6.45, 7) is 0.814.